The van der Waals surface area contributed by atoms with Crippen LogP contribution in [0, 0.1) is 0 Å². The third-order valence-electron chi connectivity index (χ3n) is 4.34. The second-order valence-electron chi connectivity index (χ2n) is 6.08. The molecule has 0 saturated heterocycles. The van der Waals surface area contributed by atoms with Crippen molar-refractivity contribution < 1.29 is 9.52 Å². The Hall–Kier alpha value is -3.30. The Bertz CT molecular complexity index is 1150. The van der Waals surface area contributed by atoms with Gasteiger partial charge in [-0.2, -0.15) is 0 Å². The van der Waals surface area contributed by atoms with Gasteiger partial charge in [-0.25, -0.2) is 4.79 Å². The summed E-state index contributed by atoms with van der Waals surface area (Å²) in [5, 5.41) is 10.9. The monoisotopic (exact) mass is 374 g/mol. The molecule has 0 atom stereocenters. The number of phenolic OH excluding ortho intramolecular Hbond substituents is 1. The van der Waals surface area contributed by atoms with Gasteiger partial charge in [0.05, 0.1) is 5.56 Å². The Morgan fingerprint density at radius 2 is 1.41 bits per heavy atom. The van der Waals surface area contributed by atoms with Gasteiger partial charge in [-0.1, -0.05) is 60.1 Å². The number of rotatable bonds is 3. The van der Waals surface area contributed by atoms with Crippen LogP contribution in [0.15, 0.2) is 94.1 Å². The summed E-state index contributed by atoms with van der Waals surface area (Å²) >= 11 is 5.96. The Kier molecular flexibility index (Phi) is 4.53. The van der Waals surface area contributed by atoms with Gasteiger partial charge in [-0.05, 0) is 42.0 Å². The SMILES string of the molecule is O=c1oc(-c2ccc(Cl)cc2)cc(-c2ccccc2)c1-c1ccccc1O. The summed E-state index contributed by atoms with van der Waals surface area (Å²) in [6.45, 7) is 0. The lowest BCUT2D eigenvalue weighted by Crippen LogP contribution is -2.06. The second kappa shape index (κ2) is 7.14. The minimum atomic E-state index is -0.511. The largest absolute Gasteiger partial charge is 0.507 e. The van der Waals surface area contributed by atoms with Crippen molar-refractivity contribution in [2.75, 3.05) is 0 Å². The molecule has 1 aromatic heterocycles. The molecule has 132 valence electrons. The lowest BCUT2D eigenvalue weighted by molar-refractivity contribution is 0.476. The van der Waals surface area contributed by atoms with Crippen LogP contribution in [0.4, 0.5) is 0 Å². The molecule has 0 fully saturated rings. The van der Waals surface area contributed by atoms with Gasteiger partial charge in [-0.15, -0.1) is 0 Å². The van der Waals surface area contributed by atoms with Gasteiger partial charge in [0.25, 0.3) is 0 Å². The number of halogens is 1. The van der Waals surface area contributed by atoms with Crippen LogP contribution in [-0.2, 0) is 0 Å². The molecule has 4 aromatic rings. The number of phenols is 1. The van der Waals surface area contributed by atoms with Crippen molar-refractivity contribution in [1.29, 1.82) is 0 Å². The fourth-order valence-electron chi connectivity index (χ4n) is 3.04. The number of aromatic hydroxyl groups is 1. The first-order valence-electron chi connectivity index (χ1n) is 8.41. The molecular weight excluding hydrogens is 360 g/mol. The van der Waals surface area contributed by atoms with Gasteiger partial charge >= 0.3 is 5.63 Å². The topological polar surface area (TPSA) is 50.4 Å². The Balaban J connectivity index is 2.01. The normalized spacial score (nSPS) is 10.7. The molecule has 0 saturated carbocycles. The molecule has 0 amide bonds. The van der Waals surface area contributed by atoms with E-state index in [1.54, 1.807) is 48.5 Å². The molecule has 1 N–H and O–H groups in total. The highest BCUT2D eigenvalue weighted by atomic mass is 35.5. The molecule has 27 heavy (non-hydrogen) atoms. The average Bonchev–Trinajstić information content (AvgIpc) is 2.69. The summed E-state index contributed by atoms with van der Waals surface area (Å²) in [6, 6.07) is 25.2. The van der Waals surface area contributed by atoms with E-state index in [9.17, 15) is 9.90 Å². The van der Waals surface area contributed by atoms with E-state index in [1.807, 2.05) is 36.4 Å². The fourth-order valence-corrected chi connectivity index (χ4v) is 3.16. The second-order valence-corrected chi connectivity index (χ2v) is 6.51. The van der Waals surface area contributed by atoms with Crippen molar-refractivity contribution in [2.45, 2.75) is 0 Å². The van der Waals surface area contributed by atoms with Crippen molar-refractivity contribution in [3.63, 3.8) is 0 Å². The molecule has 4 heteroatoms. The number of para-hydroxylation sites is 1. The van der Waals surface area contributed by atoms with Crippen molar-refractivity contribution in [3.05, 3.63) is 100 Å². The summed E-state index contributed by atoms with van der Waals surface area (Å²) in [6.07, 6.45) is 0. The zero-order valence-electron chi connectivity index (χ0n) is 14.2. The van der Waals surface area contributed by atoms with Crippen LogP contribution in [0.3, 0.4) is 0 Å². The smallest absolute Gasteiger partial charge is 0.344 e. The summed E-state index contributed by atoms with van der Waals surface area (Å²) in [5.41, 5.74) is 2.56. The van der Waals surface area contributed by atoms with Gasteiger partial charge < -0.3 is 9.52 Å². The molecule has 3 aromatic carbocycles. The van der Waals surface area contributed by atoms with Crippen molar-refractivity contribution in [2.24, 2.45) is 0 Å². The molecular formula is C23H15ClO3. The molecule has 0 bridgehead atoms. The predicted octanol–water partition coefficient (Wildman–Crippen LogP) is 6.00. The van der Waals surface area contributed by atoms with E-state index < -0.39 is 5.63 Å². The number of benzene rings is 3. The maximum Gasteiger partial charge on any atom is 0.344 e. The fraction of sp³-hybridized carbons (Fsp3) is 0. The van der Waals surface area contributed by atoms with E-state index in [0.717, 1.165) is 11.1 Å². The van der Waals surface area contributed by atoms with Gasteiger partial charge in [0.2, 0.25) is 0 Å². The standard InChI is InChI=1S/C23H15ClO3/c24-17-12-10-16(11-13-17)21-14-19(15-6-2-1-3-7-15)22(23(26)27-21)18-8-4-5-9-20(18)25/h1-14,25H. The zero-order chi connectivity index (χ0) is 18.8. The Morgan fingerprint density at radius 3 is 2.11 bits per heavy atom. The van der Waals surface area contributed by atoms with Crippen molar-refractivity contribution >= 4 is 11.6 Å². The van der Waals surface area contributed by atoms with Crippen molar-refractivity contribution in [1.82, 2.24) is 0 Å². The van der Waals surface area contributed by atoms with E-state index in [-0.39, 0.29) is 5.75 Å². The first-order valence-corrected chi connectivity index (χ1v) is 8.79. The molecule has 0 aliphatic heterocycles. The summed E-state index contributed by atoms with van der Waals surface area (Å²) in [5.74, 6) is 0.468. The average molecular weight is 375 g/mol. The molecule has 0 radical (unpaired) electrons. The van der Waals surface area contributed by atoms with Gasteiger partial charge in [-0.3, -0.25) is 0 Å². The third-order valence-corrected chi connectivity index (χ3v) is 4.59. The molecule has 3 nitrogen and oxygen atoms in total. The minimum absolute atomic E-state index is 0.0289. The van der Waals surface area contributed by atoms with Crippen LogP contribution < -0.4 is 5.63 Å². The van der Waals surface area contributed by atoms with Crippen LogP contribution in [0.2, 0.25) is 5.02 Å². The Morgan fingerprint density at radius 1 is 0.741 bits per heavy atom. The molecule has 0 unspecified atom stereocenters. The van der Waals surface area contributed by atoms with Crippen LogP contribution >= 0.6 is 11.6 Å². The lowest BCUT2D eigenvalue weighted by Gasteiger charge is -2.12. The highest BCUT2D eigenvalue weighted by Crippen LogP contribution is 2.36. The molecule has 0 aliphatic rings. The maximum atomic E-state index is 12.9. The summed E-state index contributed by atoms with van der Waals surface area (Å²) < 4.78 is 5.60. The third kappa shape index (κ3) is 3.37. The molecule has 4 rings (SSSR count). The zero-order valence-corrected chi connectivity index (χ0v) is 15.0. The van der Waals surface area contributed by atoms with Crippen LogP contribution in [-0.4, -0.2) is 5.11 Å². The summed E-state index contributed by atoms with van der Waals surface area (Å²) in [7, 11) is 0. The van der Waals surface area contributed by atoms with Crippen LogP contribution in [0.25, 0.3) is 33.6 Å². The summed E-state index contributed by atoms with van der Waals surface area (Å²) in [4.78, 5) is 12.9. The Labute approximate surface area is 161 Å². The van der Waals surface area contributed by atoms with E-state index in [4.69, 9.17) is 16.0 Å². The number of hydrogen-bond donors (Lipinski definition) is 1. The quantitative estimate of drug-likeness (QED) is 0.478. The van der Waals surface area contributed by atoms with E-state index >= 15 is 0 Å². The molecule has 0 spiro atoms. The first kappa shape index (κ1) is 17.1. The lowest BCUT2D eigenvalue weighted by atomic mass is 9.95. The van der Waals surface area contributed by atoms with E-state index in [2.05, 4.69) is 0 Å². The molecule has 1 heterocycles. The predicted molar refractivity (Wildman–Crippen MR) is 108 cm³/mol. The van der Waals surface area contributed by atoms with E-state index in [1.165, 1.54) is 0 Å². The molecule has 0 aliphatic carbocycles. The highest BCUT2D eigenvalue weighted by Gasteiger charge is 2.18. The van der Waals surface area contributed by atoms with Gasteiger partial charge in [0.15, 0.2) is 0 Å². The highest BCUT2D eigenvalue weighted by molar-refractivity contribution is 6.30. The minimum Gasteiger partial charge on any atom is -0.507 e. The van der Waals surface area contributed by atoms with Crippen molar-refractivity contribution in [3.8, 4) is 39.3 Å². The van der Waals surface area contributed by atoms with Gasteiger partial charge in [0, 0.05) is 21.7 Å². The number of hydrogen-bond acceptors (Lipinski definition) is 3. The maximum absolute atomic E-state index is 12.9. The van der Waals surface area contributed by atoms with Gasteiger partial charge in [0.1, 0.15) is 11.5 Å². The van der Waals surface area contributed by atoms with E-state index in [0.29, 0.717) is 27.5 Å². The van der Waals surface area contributed by atoms with Crippen LogP contribution in [0.5, 0.6) is 5.75 Å². The van der Waals surface area contributed by atoms with Crippen LogP contribution in [0.1, 0.15) is 0 Å². The first-order chi connectivity index (χ1) is 13.1.